The molecular formula is C12H15ClN2OS. The van der Waals surface area contributed by atoms with E-state index in [9.17, 15) is 4.79 Å². The Hall–Kier alpha value is -1.13. The number of aryl methyl sites for hydroxylation is 1. The summed E-state index contributed by atoms with van der Waals surface area (Å²) in [6.45, 7) is 3.73. The first kappa shape index (κ1) is 13.9. The minimum atomic E-state index is -0.120. The van der Waals surface area contributed by atoms with Gasteiger partial charge in [0.1, 0.15) is 0 Å². The molecule has 0 aliphatic rings. The van der Waals surface area contributed by atoms with Gasteiger partial charge in [-0.2, -0.15) is 0 Å². The number of nitrogens with two attached hydrogens (primary N) is 1. The molecule has 0 heterocycles. The van der Waals surface area contributed by atoms with Crippen LogP contribution in [-0.4, -0.2) is 10.9 Å². The highest BCUT2D eigenvalue weighted by Crippen LogP contribution is 2.20. The van der Waals surface area contributed by atoms with E-state index in [0.29, 0.717) is 15.7 Å². The average molecular weight is 271 g/mol. The third-order valence-corrected chi connectivity index (χ3v) is 3.24. The predicted molar refractivity (Wildman–Crippen MR) is 75.4 cm³/mol. The quantitative estimate of drug-likeness (QED) is 0.827. The molecule has 0 aliphatic carbocycles. The van der Waals surface area contributed by atoms with Gasteiger partial charge in [0.2, 0.25) is 5.91 Å². The zero-order chi connectivity index (χ0) is 13.0. The van der Waals surface area contributed by atoms with Gasteiger partial charge >= 0.3 is 0 Å². The first-order valence-electron chi connectivity index (χ1n) is 5.25. The average Bonchev–Trinajstić information content (AvgIpc) is 2.23. The molecule has 1 amide bonds. The summed E-state index contributed by atoms with van der Waals surface area (Å²) in [4.78, 5) is 12.0. The molecule has 3 nitrogen and oxygen atoms in total. The normalized spacial score (nSPS) is 11.9. The zero-order valence-electron chi connectivity index (χ0n) is 9.79. The number of amides is 1. The minimum Gasteiger partial charge on any atom is -0.393 e. The van der Waals surface area contributed by atoms with Crippen molar-refractivity contribution in [3.63, 3.8) is 0 Å². The van der Waals surface area contributed by atoms with E-state index in [1.54, 1.807) is 6.07 Å². The Labute approximate surface area is 111 Å². The van der Waals surface area contributed by atoms with E-state index in [0.717, 1.165) is 5.56 Å². The number of halogens is 1. The van der Waals surface area contributed by atoms with E-state index in [1.807, 2.05) is 26.0 Å². The molecule has 17 heavy (non-hydrogen) atoms. The van der Waals surface area contributed by atoms with Crippen molar-refractivity contribution in [1.82, 2.24) is 0 Å². The smallest absolute Gasteiger partial charge is 0.225 e. The summed E-state index contributed by atoms with van der Waals surface area (Å²) in [6.07, 6.45) is 0.279. The van der Waals surface area contributed by atoms with Crippen LogP contribution in [0, 0.1) is 12.8 Å². The molecule has 0 saturated carbocycles. The lowest BCUT2D eigenvalue weighted by Gasteiger charge is -2.10. The van der Waals surface area contributed by atoms with Gasteiger partial charge in [-0.05, 0) is 24.6 Å². The second kappa shape index (κ2) is 5.98. The highest BCUT2D eigenvalue weighted by atomic mass is 35.5. The van der Waals surface area contributed by atoms with Crippen molar-refractivity contribution in [2.45, 2.75) is 20.3 Å². The van der Waals surface area contributed by atoms with E-state index < -0.39 is 0 Å². The second-order valence-corrected chi connectivity index (χ2v) is 4.90. The van der Waals surface area contributed by atoms with E-state index in [1.165, 1.54) is 0 Å². The Morgan fingerprint density at radius 3 is 2.76 bits per heavy atom. The molecule has 92 valence electrons. The van der Waals surface area contributed by atoms with Crippen molar-refractivity contribution >= 4 is 40.4 Å². The lowest BCUT2D eigenvalue weighted by atomic mass is 10.1. The van der Waals surface area contributed by atoms with Crippen LogP contribution in [0.4, 0.5) is 5.69 Å². The summed E-state index contributed by atoms with van der Waals surface area (Å²) in [7, 11) is 0. The van der Waals surface area contributed by atoms with Gasteiger partial charge in [0.25, 0.3) is 0 Å². The summed E-state index contributed by atoms with van der Waals surface area (Å²) >= 11 is 10.8. The van der Waals surface area contributed by atoms with Crippen molar-refractivity contribution in [1.29, 1.82) is 0 Å². The molecule has 3 N–H and O–H groups in total. The number of benzene rings is 1. The van der Waals surface area contributed by atoms with Gasteiger partial charge in [-0.3, -0.25) is 4.79 Å². The third kappa shape index (κ3) is 4.32. The Balaban J connectivity index is 2.62. The van der Waals surface area contributed by atoms with Crippen molar-refractivity contribution in [3.8, 4) is 0 Å². The van der Waals surface area contributed by atoms with Crippen molar-refractivity contribution in [2.24, 2.45) is 11.7 Å². The monoisotopic (exact) mass is 270 g/mol. The van der Waals surface area contributed by atoms with E-state index >= 15 is 0 Å². The minimum absolute atomic E-state index is 0.106. The molecule has 5 heteroatoms. The number of carbonyl (C=O) groups excluding carboxylic acids is 1. The van der Waals surface area contributed by atoms with Gasteiger partial charge < -0.3 is 11.1 Å². The van der Waals surface area contributed by atoms with Gasteiger partial charge in [-0.1, -0.05) is 36.8 Å². The summed E-state index contributed by atoms with van der Waals surface area (Å²) in [5.74, 6) is -0.226. The van der Waals surface area contributed by atoms with Gasteiger partial charge in [0, 0.05) is 23.0 Å². The van der Waals surface area contributed by atoms with Gasteiger partial charge in [0.15, 0.2) is 0 Å². The van der Waals surface area contributed by atoms with Gasteiger partial charge in [0.05, 0.1) is 4.99 Å². The molecular weight excluding hydrogens is 256 g/mol. The van der Waals surface area contributed by atoms with Crippen molar-refractivity contribution < 1.29 is 4.79 Å². The number of nitrogens with one attached hydrogen (secondary N) is 1. The van der Waals surface area contributed by atoms with Crippen LogP contribution in [0.1, 0.15) is 18.9 Å². The van der Waals surface area contributed by atoms with Gasteiger partial charge in [-0.15, -0.1) is 0 Å². The molecule has 1 atom stereocenters. The fourth-order valence-electron chi connectivity index (χ4n) is 1.26. The van der Waals surface area contributed by atoms with E-state index in [4.69, 9.17) is 29.6 Å². The van der Waals surface area contributed by atoms with E-state index in [2.05, 4.69) is 5.32 Å². The topological polar surface area (TPSA) is 55.1 Å². The second-order valence-electron chi connectivity index (χ2n) is 4.02. The number of carbonyl (C=O) groups is 1. The predicted octanol–water partition coefficient (Wildman–Crippen LogP) is 2.90. The number of thiocarbonyl (C=S) groups is 1. The Kier molecular flexibility index (Phi) is 4.90. The maximum absolute atomic E-state index is 11.7. The molecule has 0 bridgehead atoms. The number of hydrogen-bond donors (Lipinski definition) is 2. The molecule has 1 aromatic rings. The molecule has 0 fully saturated rings. The number of anilines is 1. The standard InChI is InChI=1S/C12H15ClN2OS/c1-7-3-4-9(6-10(7)13)15-11(16)5-8(2)12(14)17/h3-4,6,8H,5H2,1-2H3,(H2,14,17)(H,15,16). The van der Waals surface area contributed by atoms with E-state index in [-0.39, 0.29) is 18.2 Å². The lowest BCUT2D eigenvalue weighted by molar-refractivity contribution is -0.116. The SMILES string of the molecule is Cc1ccc(NC(=O)CC(C)C(N)=S)cc1Cl. The van der Waals surface area contributed by atoms with Crippen LogP contribution in [0.2, 0.25) is 5.02 Å². The maximum Gasteiger partial charge on any atom is 0.225 e. The number of hydrogen-bond acceptors (Lipinski definition) is 2. The van der Waals surface area contributed by atoms with Crippen molar-refractivity contribution in [2.75, 3.05) is 5.32 Å². The summed E-state index contributed by atoms with van der Waals surface area (Å²) < 4.78 is 0. The largest absolute Gasteiger partial charge is 0.393 e. The molecule has 1 aromatic carbocycles. The molecule has 1 rings (SSSR count). The van der Waals surface area contributed by atoms with Crippen LogP contribution < -0.4 is 11.1 Å². The first-order chi connectivity index (χ1) is 7.90. The summed E-state index contributed by atoms with van der Waals surface area (Å²) in [5, 5.41) is 3.39. The molecule has 0 spiro atoms. The third-order valence-electron chi connectivity index (χ3n) is 2.43. The lowest BCUT2D eigenvalue weighted by Crippen LogP contribution is -2.24. The van der Waals surface area contributed by atoms with Crippen molar-refractivity contribution in [3.05, 3.63) is 28.8 Å². The Morgan fingerprint density at radius 1 is 1.59 bits per heavy atom. The Bertz CT molecular complexity index is 448. The van der Waals surface area contributed by atoms with Crippen LogP contribution in [0.5, 0.6) is 0 Å². The maximum atomic E-state index is 11.7. The first-order valence-corrected chi connectivity index (χ1v) is 6.04. The summed E-state index contributed by atoms with van der Waals surface area (Å²) in [6, 6.07) is 5.39. The fraction of sp³-hybridized carbons (Fsp3) is 0.333. The highest BCUT2D eigenvalue weighted by molar-refractivity contribution is 7.80. The van der Waals surface area contributed by atoms with Gasteiger partial charge in [-0.25, -0.2) is 0 Å². The number of rotatable bonds is 4. The zero-order valence-corrected chi connectivity index (χ0v) is 11.4. The fourth-order valence-corrected chi connectivity index (χ4v) is 1.53. The van der Waals surface area contributed by atoms with Crippen LogP contribution in [0.25, 0.3) is 0 Å². The molecule has 0 radical (unpaired) electrons. The van der Waals surface area contributed by atoms with Crippen LogP contribution in [-0.2, 0) is 4.79 Å². The van der Waals surface area contributed by atoms with Crippen LogP contribution in [0.3, 0.4) is 0 Å². The molecule has 1 unspecified atom stereocenters. The molecule has 0 aliphatic heterocycles. The highest BCUT2D eigenvalue weighted by Gasteiger charge is 2.11. The molecule has 0 aromatic heterocycles. The van der Waals surface area contributed by atoms with Crippen LogP contribution >= 0.6 is 23.8 Å². The van der Waals surface area contributed by atoms with Crippen LogP contribution in [0.15, 0.2) is 18.2 Å². The molecule has 0 saturated heterocycles. The Morgan fingerprint density at radius 2 is 2.24 bits per heavy atom. The summed E-state index contributed by atoms with van der Waals surface area (Å²) in [5.41, 5.74) is 7.11.